The molecule has 1 amide bonds. The van der Waals surface area contributed by atoms with Gasteiger partial charge in [0.05, 0.1) is 5.56 Å². The monoisotopic (exact) mass is 369 g/mol. The number of aryl methyl sites for hydroxylation is 2. The van der Waals surface area contributed by atoms with Crippen LogP contribution >= 0.6 is 0 Å². The van der Waals surface area contributed by atoms with Crippen LogP contribution in [-0.2, 0) is 20.9 Å². The van der Waals surface area contributed by atoms with E-state index in [0.29, 0.717) is 24.1 Å². The van der Waals surface area contributed by atoms with E-state index in [2.05, 4.69) is 6.07 Å². The summed E-state index contributed by atoms with van der Waals surface area (Å²) in [6, 6.07) is 12.6. The van der Waals surface area contributed by atoms with Gasteiger partial charge in [0.1, 0.15) is 5.75 Å². The molecule has 0 N–H and O–H groups in total. The molecule has 2 aromatic carbocycles. The predicted octanol–water partition coefficient (Wildman–Crippen LogP) is 2.70. The van der Waals surface area contributed by atoms with Crippen molar-refractivity contribution in [1.29, 1.82) is 0 Å². The number of rotatable bonds is 8. The van der Waals surface area contributed by atoms with Gasteiger partial charge in [0, 0.05) is 13.6 Å². The molecule has 6 nitrogen and oxygen atoms in total. The van der Waals surface area contributed by atoms with Crippen molar-refractivity contribution in [3.8, 4) is 5.75 Å². The lowest BCUT2D eigenvalue weighted by Gasteiger charge is -2.18. The van der Waals surface area contributed by atoms with Gasteiger partial charge in [-0.2, -0.15) is 0 Å². The molecule has 0 aliphatic heterocycles. The van der Waals surface area contributed by atoms with E-state index < -0.39 is 5.97 Å². The summed E-state index contributed by atoms with van der Waals surface area (Å²) in [6.45, 7) is 3.71. The molecule has 2 aromatic rings. The summed E-state index contributed by atoms with van der Waals surface area (Å²) in [6.07, 6.45) is 0.645. The lowest BCUT2D eigenvalue weighted by atomic mass is 10.1. The first-order valence-electron chi connectivity index (χ1n) is 8.53. The number of amides is 1. The predicted molar refractivity (Wildman–Crippen MR) is 101 cm³/mol. The Labute approximate surface area is 158 Å². The Balaban J connectivity index is 1.80. The molecule has 142 valence electrons. The average molecular weight is 369 g/mol. The number of likely N-dealkylation sites (N-methyl/N-ethyl adjacent to an activating group) is 1. The fourth-order valence-corrected chi connectivity index (χ4v) is 2.51. The van der Waals surface area contributed by atoms with Gasteiger partial charge in [0.25, 0.3) is 5.91 Å². The van der Waals surface area contributed by atoms with E-state index >= 15 is 0 Å². The van der Waals surface area contributed by atoms with Crippen LogP contribution in [-0.4, -0.2) is 43.3 Å². The summed E-state index contributed by atoms with van der Waals surface area (Å²) in [4.78, 5) is 36.4. The summed E-state index contributed by atoms with van der Waals surface area (Å²) in [7, 11) is 1.66. The normalized spacial score (nSPS) is 10.2. The summed E-state index contributed by atoms with van der Waals surface area (Å²) >= 11 is 0. The average Bonchev–Trinajstić information content (AvgIpc) is 2.66. The Kier molecular flexibility index (Phi) is 7.11. The number of carbonyl (C=O) groups excluding carboxylic acids is 3. The van der Waals surface area contributed by atoms with Crippen molar-refractivity contribution in [2.45, 2.75) is 20.4 Å². The molecular formula is C21H23NO5. The van der Waals surface area contributed by atoms with Crippen molar-refractivity contribution < 1.29 is 23.9 Å². The van der Waals surface area contributed by atoms with E-state index in [4.69, 9.17) is 9.47 Å². The molecule has 0 spiro atoms. The first-order chi connectivity index (χ1) is 12.9. The third-order valence-electron chi connectivity index (χ3n) is 4.08. The Bertz CT molecular complexity index is 831. The highest BCUT2D eigenvalue weighted by Crippen LogP contribution is 2.15. The Morgan fingerprint density at radius 3 is 2.52 bits per heavy atom. The van der Waals surface area contributed by atoms with Crippen molar-refractivity contribution in [1.82, 2.24) is 4.90 Å². The van der Waals surface area contributed by atoms with Crippen LogP contribution < -0.4 is 4.74 Å². The van der Waals surface area contributed by atoms with Crippen molar-refractivity contribution >= 4 is 18.2 Å². The molecule has 0 aliphatic rings. The molecule has 0 unspecified atom stereocenters. The Hall–Kier alpha value is -3.15. The van der Waals surface area contributed by atoms with Crippen LogP contribution in [0.25, 0.3) is 0 Å². The Morgan fingerprint density at radius 2 is 1.81 bits per heavy atom. The highest BCUT2D eigenvalue weighted by molar-refractivity contribution is 5.81. The fourth-order valence-electron chi connectivity index (χ4n) is 2.51. The zero-order valence-corrected chi connectivity index (χ0v) is 15.7. The van der Waals surface area contributed by atoms with Crippen LogP contribution in [0.5, 0.6) is 5.75 Å². The van der Waals surface area contributed by atoms with Crippen LogP contribution in [0.2, 0.25) is 0 Å². The molecule has 27 heavy (non-hydrogen) atoms. The number of aldehydes is 1. The molecule has 6 heteroatoms. The smallest absolute Gasteiger partial charge is 0.344 e. The standard InChI is InChI=1S/C21H23NO5/c1-15-8-9-17(16(2)10-15)11-22(3)20(24)13-27-21(25)14-26-19-7-5-4-6-18(19)12-23/h4-10,12H,11,13-14H2,1-3H3. The maximum Gasteiger partial charge on any atom is 0.344 e. The second kappa shape index (κ2) is 9.52. The largest absolute Gasteiger partial charge is 0.481 e. The molecule has 2 rings (SSSR count). The summed E-state index contributed by atoms with van der Waals surface area (Å²) in [5.41, 5.74) is 3.65. The molecule has 0 fully saturated rings. The van der Waals surface area contributed by atoms with E-state index in [0.717, 1.165) is 16.7 Å². The quantitative estimate of drug-likeness (QED) is 0.528. The molecule has 0 radical (unpaired) electrons. The lowest BCUT2D eigenvalue weighted by molar-refractivity contribution is -0.153. The molecule has 0 heterocycles. The number of hydrogen-bond acceptors (Lipinski definition) is 5. The van der Waals surface area contributed by atoms with E-state index in [9.17, 15) is 14.4 Å². The minimum absolute atomic E-state index is 0.294. The van der Waals surface area contributed by atoms with Gasteiger partial charge in [-0.3, -0.25) is 9.59 Å². The van der Waals surface area contributed by atoms with Gasteiger partial charge in [-0.25, -0.2) is 4.79 Å². The van der Waals surface area contributed by atoms with Crippen LogP contribution in [0, 0.1) is 13.8 Å². The minimum Gasteiger partial charge on any atom is -0.481 e. The van der Waals surface area contributed by atoms with Crippen molar-refractivity contribution in [2.75, 3.05) is 20.3 Å². The summed E-state index contributed by atoms with van der Waals surface area (Å²) < 4.78 is 10.2. The van der Waals surface area contributed by atoms with E-state index in [-0.39, 0.29) is 19.1 Å². The van der Waals surface area contributed by atoms with Crippen LogP contribution in [0.4, 0.5) is 0 Å². The zero-order valence-electron chi connectivity index (χ0n) is 15.7. The van der Waals surface area contributed by atoms with E-state index in [1.165, 1.54) is 4.90 Å². The van der Waals surface area contributed by atoms with Crippen molar-refractivity contribution in [3.63, 3.8) is 0 Å². The van der Waals surface area contributed by atoms with Crippen LogP contribution in [0.1, 0.15) is 27.0 Å². The fraction of sp³-hybridized carbons (Fsp3) is 0.286. The third-order valence-corrected chi connectivity index (χ3v) is 4.08. The van der Waals surface area contributed by atoms with Gasteiger partial charge in [0.2, 0.25) is 0 Å². The second-order valence-electron chi connectivity index (χ2n) is 6.28. The first-order valence-corrected chi connectivity index (χ1v) is 8.53. The van der Waals surface area contributed by atoms with Gasteiger partial charge in [-0.05, 0) is 37.1 Å². The molecule has 0 aliphatic carbocycles. The molecule has 0 saturated carbocycles. The number of hydrogen-bond donors (Lipinski definition) is 0. The van der Waals surface area contributed by atoms with Gasteiger partial charge < -0.3 is 14.4 Å². The zero-order chi connectivity index (χ0) is 19.8. The Morgan fingerprint density at radius 1 is 1.07 bits per heavy atom. The molecule has 0 atom stereocenters. The van der Waals surface area contributed by atoms with Gasteiger partial charge in [-0.15, -0.1) is 0 Å². The maximum absolute atomic E-state index is 12.2. The second-order valence-corrected chi connectivity index (χ2v) is 6.28. The highest BCUT2D eigenvalue weighted by atomic mass is 16.6. The topological polar surface area (TPSA) is 72.9 Å². The maximum atomic E-state index is 12.2. The van der Waals surface area contributed by atoms with E-state index in [1.807, 2.05) is 26.0 Å². The number of ether oxygens (including phenoxy) is 2. The van der Waals surface area contributed by atoms with Crippen molar-refractivity contribution in [2.24, 2.45) is 0 Å². The summed E-state index contributed by atoms with van der Waals surface area (Å²) in [5.74, 6) is -0.691. The molecule has 0 bridgehead atoms. The molecule has 0 saturated heterocycles. The number of nitrogens with zero attached hydrogens (tertiary/aromatic N) is 1. The van der Waals surface area contributed by atoms with Gasteiger partial charge >= 0.3 is 5.97 Å². The number of esters is 1. The number of carbonyl (C=O) groups is 3. The highest BCUT2D eigenvalue weighted by Gasteiger charge is 2.14. The number of para-hydroxylation sites is 1. The van der Waals surface area contributed by atoms with Crippen LogP contribution in [0.15, 0.2) is 42.5 Å². The van der Waals surface area contributed by atoms with Crippen molar-refractivity contribution in [3.05, 3.63) is 64.7 Å². The number of benzene rings is 2. The van der Waals surface area contributed by atoms with Crippen LogP contribution in [0.3, 0.4) is 0 Å². The minimum atomic E-state index is -0.677. The van der Waals surface area contributed by atoms with E-state index in [1.54, 1.807) is 31.3 Å². The third kappa shape index (κ3) is 5.95. The summed E-state index contributed by atoms with van der Waals surface area (Å²) in [5, 5.41) is 0. The van der Waals surface area contributed by atoms with Gasteiger partial charge in [0.15, 0.2) is 19.5 Å². The molecular weight excluding hydrogens is 346 g/mol. The molecule has 0 aromatic heterocycles. The first kappa shape index (κ1) is 20.2. The van der Waals surface area contributed by atoms with Gasteiger partial charge in [-0.1, -0.05) is 35.9 Å². The SMILES string of the molecule is Cc1ccc(CN(C)C(=O)COC(=O)COc2ccccc2C=O)c(C)c1. The lowest BCUT2D eigenvalue weighted by Crippen LogP contribution is -2.31.